The standard InChI is InChI=1S/C23H22N4O/c1-17-14-27(16-24-17)21-11-9-18(13-22(21)28-3)10-12-23-25-20(15-26(23)2)19-7-5-4-6-8-19/h4-16H,1-3H3. The van der Waals surface area contributed by atoms with Crippen molar-refractivity contribution in [1.82, 2.24) is 19.1 Å². The molecule has 0 aliphatic rings. The van der Waals surface area contributed by atoms with E-state index in [0.717, 1.165) is 39.8 Å². The lowest BCUT2D eigenvalue weighted by atomic mass is 10.1. The van der Waals surface area contributed by atoms with Crippen LogP contribution in [0.15, 0.2) is 67.3 Å². The van der Waals surface area contributed by atoms with Crippen LogP contribution in [-0.4, -0.2) is 26.2 Å². The molecule has 0 spiro atoms. The summed E-state index contributed by atoms with van der Waals surface area (Å²) in [6.45, 7) is 1.97. The minimum absolute atomic E-state index is 0.796. The molecule has 5 nitrogen and oxygen atoms in total. The Balaban J connectivity index is 1.61. The average molecular weight is 370 g/mol. The van der Waals surface area contributed by atoms with Gasteiger partial charge >= 0.3 is 0 Å². The number of ether oxygens (including phenoxy) is 1. The molecule has 2 aromatic carbocycles. The molecular formula is C23H22N4O. The van der Waals surface area contributed by atoms with Gasteiger partial charge in [0.25, 0.3) is 0 Å². The quantitative estimate of drug-likeness (QED) is 0.509. The number of aromatic nitrogens is 4. The smallest absolute Gasteiger partial charge is 0.143 e. The molecule has 2 heterocycles. The summed E-state index contributed by atoms with van der Waals surface area (Å²) >= 11 is 0. The van der Waals surface area contributed by atoms with Gasteiger partial charge in [-0.1, -0.05) is 42.5 Å². The first-order valence-corrected chi connectivity index (χ1v) is 9.10. The van der Waals surface area contributed by atoms with Crippen molar-refractivity contribution in [2.45, 2.75) is 6.92 Å². The first-order valence-electron chi connectivity index (χ1n) is 9.10. The van der Waals surface area contributed by atoms with Crippen LogP contribution in [0.25, 0.3) is 29.1 Å². The van der Waals surface area contributed by atoms with Gasteiger partial charge in [-0.05, 0) is 30.7 Å². The Labute approximate surface area is 164 Å². The molecule has 0 amide bonds. The van der Waals surface area contributed by atoms with Crippen molar-refractivity contribution >= 4 is 12.2 Å². The highest BCUT2D eigenvalue weighted by molar-refractivity contribution is 5.71. The lowest BCUT2D eigenvalue weighted by Crippen LogP contribution is -1.96. The third-order valence-corrected chi connectivity index (χ3v) is 4.60. The van der Waals surface area contributed by atoms with Gasteiger partial charge in [0.2, 0.25) is 0 Å². The summed E-state index contributed by atoms with van der Waals surface area (Å²) in [6.07, 6.45) is 9.87. The molecule has 0 bridgehead atoms. The molecule has 5 heteroatoms. The zero-order valence-corrected chi connectivity index (χ0v) is 16.2. The average Bonchev–Trinajstić information content (AvgIpc) is 3.32. The lowest BCUT2D eigenvalue weighted by Gasteiger charge is -2.10. The zero-order chi connectivity index (χ0) is 19.5. The predicted molar refractivity (Wildman–Crippen MR) is 112 cm³/mol. The van der Waals surface area contributed by atoms with Gasteiger partial charge in [-0.2, -0.15) is 0 Å². The van der Waals surface area contributed by atoms with Crippen LogP contribution >= 0.6 is 0 Å². The summed E-state index contributed by atoms with van der Waals surface area (Å²) in [5.74, 6) is 1.69. The molecule has 2 aromatic heterocycles. The number of nitrogens with zero attached hydrogens (tertiary/aromatic N) is 4. The van der Waals surface area contributed by atoms with Crippen LogP contribution < -0.4 is 4.74 Å². The third kappa shape index (κ3) is 3.60. The number of hydrogen-bond acceptors (Lipinski definition) is 3. The van der Waals surface area contributed by atoms with E-state index in [0.29, 0.717) is 0 Å². The van der Waals surface area contributed by atoms with Gasteiger partial charge in [-0.15, -0.1) is 0 Å². The Bertz CT molecular complexity index is 1120. The van der Waals surface area contributed by atoms with E-state index in [1.807, 2.05) is 78.0 Å². The highest BCUT2D eigenvalue weighted by Crippen LogP contribution is 2.26. The summed E-state index contributed by atoms with van der Waals surface area (Å²) in [7, 11) is 3.69. The minimum Gasteiger partial charge on any atom is -0.495 e. The van der Waals surface area contributed by atoms with Crippen LogP contribution in [0.1, 0.15) is 17.1 Å². The van der Waals surface area contributed by atoms with Crippen molar-refractivity contribution in [2.24, 2.45) is 7.05 Å². The molecule has 0 unspecified atom stereocenters. The molecule has 28 heavy (non-hydrogen) atoms. The van der Waals surface area contributed by atoms with Crippen LogP contribution in [0.5, 0.6) is 5.75 Å². The van der Waals surface area contributed by atoms with Crippen molar-refractivity contribution in [3.63, 3.8) is 0 Å². The topological polar surface area (TPSA) is 44.9 Å². The molecule has 0 N–H and O–H groups in total. The van der Waals surface area contributed by atoms with Gasteiger partial charge in [-0.25, -0.2) is 9.97 Å². The maximum absolute atomic E-state index is 5.58. The van der Waals surface area contributed by atoms with Gasteiger partial charge in [-0.3, -0.25) is 0 Å². The fraction of sp³-hybridized carbons (Fsp3) is 0.130. The highest BCUT2D eigenvalue weighted by atomic mass is 16.5. The third-order valence-electron chi connectivity index (χ3n) is 4.60. The van der Waals surface area contributed by atoms with Gasteiger partial charge in [0, 0.05) is 25.0 Å². The first kappa shape index (κ1) is 17.8. The first-order chi connectivity index (χ1) is 13.6. The van der Waals surface area contributed by atoms with Crippen LogP contribution in [0.2, 0.25) is 0 Å². The largest absolute Gasteiger partial charge is 0.495 e. The van der Waals surface area contributed by atoms with Gasteiger partial charge < -0.3 is 13.9 Å². The maximum Gasteiger partial charge on any atom is 0.143 e. The second-order valence-electron chi connectivity index (χ2n) is 6.65. The number of aryl methyl sites for hydroxylation is 2. The predicted octanol–water partition coefficient (Wildman–Crippen LogP) is 4.76. The molecule has 0 aliphatic carbocycles. The van der Waals surface area contributed by atoms with E-state index in [1.54, 1.807) is 13.4 Å². The van der Waals surface area contributed by atoms with Crippen LogP contribution in [0, 0.1) is 6.92 Å². The number of benzene rings is 2. The summed E-state index contributed by atoms with van der Waals surface area (Å²) in [5.41, 5.74) is 5.05. The minimum atomic E-state index is 0.796. The zero-order valence-electron chi connectivity index (χ0n) is 16.2. The van der Waals surface area contributed by atoms with E-state index < -0.39 is 0 Å². The summed E-state index contributed by atoms with van der Waals surface area (Å²) in [5, 5.41) is 0. The van der Waals surface area contributed by atoms with Gasteiger partial charge in [0.1, 0.15) is 11.6 Å². The Morgan fingerprint density at radius 3 is 2.54 bits per heavy atom. The highest BCUT2D eigenvalue weighted by Gasteiger charge is 2.07. The molecule has 4 aromatic rings. The number of rotatable bonds is 5. The van der Waals surface area contributed by atoms with Crippen molar-refractivity contribution in [3.05, 3.63) is 84.3 Å². The van der Waals surface area contributed by atoms with Crippen molar-refractivity contribution in [2.75, 3.05) is 7.11 Å². The Kier molecular flexibility index (Phi) is 4.81. The molecule has 0 fully saturated rings. The number of hydrogen-bond donors (Lipinski definition) is 0. The molecular weight excluding hydrogens is 348 g/mol. The molecule has 0 saturated carbocycles. The summed E-state index contributed by atoms with van der Waals surface area (Å²) in [6, 6.07) is 16.3. The molecule has 0 aliphatic heterocycles. The monoisotopic (exact) mass is 370 g/mol. The Morgan fingerprint density at radius 1 is 1.00 bits per heavy atom. The number of imidazole rings is 2. The molecule has 140 valence electrons. The van der Waals surface area contributed by atoms with E-state index in [2.05, 4.69) is 23.2 Å². The van der Waals surface area contributed by atoms with Crippen LogP contribution in [0.3, 0.4) is 0 Å². The number of methoxy groups -OCH3 is 1. The van der Waals surface area contributed by atoms with E-state index in [1.165, 1.54) is 0 Å². The molecule has 0 saturated heterocycles. The summed E-state index contributed by atoms with van der Waals surface area (Å²) in [4.78, 5) is 9.02. The molecule has 4 rings (SSSR count). The summed E-state index contributed by atoms with van der Waals surface area (Å²) < 4.78 is 9.58. The Hall–Kier alpha value is -3.60. The normalized spacial score (nSPS) is 11.2. The van der Waals surface area contributed by atoms with Crippen LogP contribution in [0.4, 0.5) is 0 Å². The van der Waals surface area contributed by atoms with Gasteiger partial charge in [0.05, 0.1) is 30.5 Å². The fourth-order valence-corrected chi connectivity index (χ4v) is 3.12. The Morgan fingerprint density at radius 2 is 1.82 bits per heavy atom. The molecule has 0 atom stereocenters. The molecule has 0 radical (unpaired) electrons. The second kappa shape index (κ2) is 7.56. The lowest BCUT2D eigenvalue weighted by molar-refractivity contribution is 0.413. The SMILES string of the molecule is COc1cc(C=Cc2nc(-c3ccccc3)cn2C)ccc1-n1cnc(C)c1. The fourth-order valence-electron chi connectivity index (χ4n) is 3.12. The van der Waals surface area contributed by atoms with Crippen molar-refractivity contribution < 1.29 is 4.74 Å². The maximum atomic E-state index is 5.58. The van der Waals surface area contributed by atoms with Crippen molar-refractivity contribution in [1.29, 1.82) is 0 Å². The van der Waals surface area contributed by atoms with E-state index in [9.17, 15) is 0 Å². The van der Waals surface area contributed by atoms with E-state index in [-0.39, 0.29) is 0 Å². The van der Waals surface area contributed by atoms with E-state index >= 15 is 0 Å². The van der Waals surface area contributed by atoms with Gasteiger partial charge in [0.15, 0.2) is 0 Å². The second-order valence-corrected chi connectivity index (χ2v) is 6.65. The van der Waals surface area contributed by atoms with E-state index in [4.69, 9.17) is 9.72 Å². The van der Waals surface area contributed by atoms with Crippen LogP contribution in [-0.2, 0) is 7.05 Å². The van der Waals surface area contributed by atoms with Crippen molar-refractivity contribution in [3.8, 4) is 22.7 Å².